The molecule has 3 aromatic rings. The summed E-state index contributed by atoms with van der Waals surface area (Å²) in [6.45, 7) is 2.17. The van der Waals surface area contributed by atoms with Gasteiger partial charge in [0, 0.05) is 4.70 Å². The van der Waals surface area contributed by atoms with Gasteiger partial charge in [-0.1, -0.05) is 42.5 Å². The van der Waals surface area contributed by atoms with E-state index in [4.69, 9.17) is 0 Å². The minimum absolute atomic E-state index is 1.34. The predicted octanol–water partition coefficient (Wildman–Crippen LogP) is 4.88. The van der Waals surface area contributed by atoms with Crippen molar-refractivity contribution in [3.05, 3.63) is 59.5 Å². The number of aryl methyl sites for hydroxylation is 1. The van der Waals surface area contributed by atoms with Crippen LogP contribution in [0.4, 0.5) is 0 Å². The summed E-state index contributed by atoms with van der Waals surface area (Å²) in [5.74, 6) is 0. The van der Waals surface area contributed by atoms with Gasteiger partial charge in [0.2, 0.25) is 0 Å². The van der Waals surface area contributed by atoms with Crippen LogP contribution in [0.25, 0.3) is 21.2 Å². The van der Waals surface area contributed by atoms with Crippen molar-refractivity contribution < 1.29 is 0 Å². The van der Waals surface area contributed by atoms with E-state index in [1.807, 2.05) is 11.3 Å². The van der Waals surface area contributed by atoms with E-state index in [0.717, 1.165) is 0 Å². The Morgan fingerprint density at radius 3 is 2.50 bits per heavy atom. The molecule has 0 saturated heterocycles. The lowest BCUT2D eigenvalue weighted by Gasteiger charge is -2.06. The third-order valence-corrected chi connectivity index (χ3v) is 3.88. The summed E-state index contributed by atoms with van der Waals surface area (Å²) in [4.78, 5) is 0. The lowest BCUT2D eigenvalue weighted by atomic mass is 10.00. The first-order valence-corrected chi connectivity index (χ1v) is 6.26. The van der Waals surface area contributed by atoms with Crippen molar-refractivity contribution in [3.8, 4) is 11.1 Å². The third-order valence-electron chi connectivity index (χ3n) is 2.91. The zero-order chi connectivity index (χ0) is 11.0. The highest BCUT2D eigenvalue weighted by Crippen LogP contribution is 2.33. The number of rotatable bonds is 1. The van der Waals surface area contributed by atoms with Crippen molar-refractivity contribution in [2.24, 2.45) is 0 Å². The third kappa shape index (κ3) is 1.44. The van der Waals surface area contributed by atoms with Gasteiger partial charge in [0.25, 0.3) is 0 Å². The molecule has 0 spiro atoms. The molecule has 0 aliphatic carbocycles. The summed E-state index contributed by atoms with van der Waals surface area (Å²) >= 11 is 1.82. The van der Waals surface area contributed by atoms with Gasteiger partial charge in [-0.05, 0) is 40.4 Å². The van der Waals surface area contributed by atoms with E-state index in [1.54, 1.807) is 0 Å². The van der Waals surface area contributed by atoms with Crippen molar-refractivity contribution >= 4 is 21.4 Å². The molecule has 0 radical (unpaired) electrons. The first-order valence-electron chi connectivity index (χ1n) is 5.38. The molecule has 1 aromatic heterocycles. The Morgan fingerprint density at radius 1 is 0.812 bits per heavy atom. The molecule has 1 heterocycles. The summed E-state index contributed by atoms with van der Waals surface area (Å²) in [6, 6.07) is 17.3. The molecule has 0 aliphatic heterocycles. The van der Waals surface area contributed by atoms with Crippen LogP contribution in [-0.4, -0.2) is 0 Å². The van der Waals surface area contributed by atoms with Crippen LogP contribution in [-0.2, 0) is 0 Å². The van der Waals surface area contributed by atoms with E-state index in [1.165, 1.54) is 26.8 Å². The topological polar surface area (TPSA) is 0 Å². The maximum Gasteiger partial charge on any atom is 0.0421 e. The number of fused-ring (bicyclic) bond motifs is 1. The molecule has 0 N–H and O–H groups in total. The van der Waals surface area contributed by atoms with Gasteiger partial charge in [0.1, 0.15) is 0 Å². The minimum atomic E-state index is 1.34. The molecule has 0 bridgehead atoms. The highest BCUT2D eigenvalue weighted by Gasteiger charge is 2.06. The van der Waals surface area contributed by atoms with E-state index < -0.39 is 0 Å². The molecule has 0 aliphatic rings. The second-order valence-electron chi connectivity index (χ2n) is 3.96. The Kier molecular flexibility index (Phi) is 2.26. The van der Waals surface area contributed by atoms with Crippen molar-refractivity contribution in [2.45, 2.75) is 6.92 Å². The standard InChI is InChI=1S/C15H12S/c1-11-5-2-3-7-13(11)14-8-4-6-12-9-10-16-15(12)14/h2-10H,1H3. The van der Waals surface area contributed by atoms with Gasteiger partial charge < -0.3 is 0 Å². The maximum atomic E-state index is 2.21. The number of hydrogen-bond donors (Lipinski definition) is 0. The van der Waals surface area contributed by atoms with Gasteiger partial charge in [-0.15, -0.1) is 11.3 Å². The lowest BCUT2D eigenvalue weighted by molar-refractivity contribution is 1.47. The summed E-state index contributed by atoms with van der Waals surface area (Å²) in [5.41, 5.74) is 4.03. The van der Waals surface area contributed by atoms with Crippen molar-refractivity contribution in [2.75, 3.05) is 0 Å². The van der Waals surface area contributed by atoms with Crippen LogP contribution in [0.5, 0.6) is 0 Å². The Labute approximate surface area is 99.2 Å². The van der Waals surface area contributed by atoms with Crippen molar-refractivity contribution in [1.29, 1.82) is 0 Å². The zero-order valence-electron chi connectivity index (χ0n) is 9.10. The summed E-state index contributed by atoms with van der Waals surface area (Å²) < 4.78 is 1.39. The van der Waals surface area contributed by atoms with Crippen LogP contribution >= 0.6 is 11.3 Å². The van der Waals surface area contributed by atoms with Crippen LogP contribution < -0.4 is 0 Å². The molecule has 2 aromatic carbocycles. The number of thiophene rings is 1. The average Bonchev–Trinajstić information content (AvgIpc) is 2.77. The molecular formula is C15H12S. The van der Waals surface area contributed by atoms with Gasteiger partial charge in [-0.25, -0.2) is 0 Å². The number of benzene rings is 2. The molecule has 78 valence electrons. The Bertz CT molecular complexity index is 634. The molecule has 0 amide bonds. The first kappa shape index (κ1) is 9.61. The summed E-state index contributed by atoms with van der Waals surface area (Å²) in [6.07, 6.45) is 0. The predicted molar refractivity (Wildman–Crippen MR) is 72.0 cm³/mol. The molecular weight excluding hydrogens is 212 g/mol. The summed E-state index contributed by atoms with van der Waals surface area (Å²) in [5, 5.41) is 3.50. The van der Waals surface area contributed by atoms with Gasteiger partial charge >= 0.3 is 0 Å². The molecule has 1 heteroatoms. The zero-order valence-corrected chi connectivity index (χ0v) is 9.92. The van der Waals surface area contributed by atoms with Gasteiger partial charge in [0.15, 0.2) is 0 Å². The monoisotopic (exact) mass is 224 g/mol. The van der Waals surface area contributed by atoms with E-state index in [-0.39, 0.29) is 0 Å². The fourth-order valence-electron chi connectivity index (χ4n) is 2.08. The Balaban J connectivity index is 2.34. The first-order chi connectivity index (χ1) is 7.86. The molecule has 0 atom stereocenters. The van der Waals surface area contributed by atoms with E-state index in [0.29, 0.717) is 0 Å². The second kappa shape index (κ2) is 3.76. The van der Waals surface area contributed by atoms with E-state index in [2.05, 4.69) is 60.8 Å². The molecule has 0 fully saturated rings. The quantitative estimate of drug-likeness (QED) is 0.553. The fourth-order valence-corrected chi connectivity index (χ4v) is 3.01. The van der Waals surface area contributed by atoms with Gasteiger partial charge in [-0.2, -0.15) is 0 Å². The molecule has 16 heavy (non-hydrogen) atoms. The molecule has 3 rings (SSSR count). The van der Waals surface area contributed by atoms with Gasteiger partial charge in [0.05, 0.1) is 0 Å². The van der Waals surface area contributed by atoms with Crippen LogP contribution in [0, 0.1) is 6.92 Å². The summed E-state index contributed by atoms with van der Waals surface area (Å²) in [7, 11) is 0. The Hall–Kier alpha value is -1.60. The smallest absolute Gasteiger partial charge is 0.0421 e. The molecule has 0 unspecified atom stereocenters. The second-order valence-corrected chi connectivity index (χ2v) is 4.88. The highest BCUT2D eigenvalue weighted by atomic mass is 32.1. The molecule has 0 saturated carbocycles. The van der Waals surface area contributed by atoms with Crippen LogP contribution in [0.15, 0.2) is 53.9 Å². The average molecular weight is 224 g/mol. The maximum absolute atomic E-state index is 2.21. The van der Waals surface area contributed by atoms with Crippen LogP contribution in [0.3, 0.4) is 0 Å². The minimum Gasteiger partial charge on any atom is -0.143 e. The van der Waals surface area contributed by atoms with Crippen LogP contribution in [0.1, 0.15) is 5.56 Å². The molecule has 0 nitrogen and oxygen atoms in total. The van der Waals surface area contributed by atoms with E-state index in [9.17, 15) is 0 Å². The van der Waals surface area contributed by atoms with Gasteiger partial charge in [-0.3, -0.25) is 0 Å². The van der Waals surface area contributed by atoms with E-state index >= 15 is 0 Å². The highest BCUT2D eigenvalue weighted by molar-refractivity contribution is 7.17. The Morgan fingerprint density at radius 2 is 1.62 bits per heavy atom. The van der Waals surface area contributed by atoms with Crippen molar-refractivity contribution in [3.63, 3.8) is 0 Å². The normalized spacial score (nSPS) is 10.8. The fraction of sp³-hybridized carbons (Fsp3) is 0.0667. The number of hydrogen-bond acceptors (Lipinski definition) is 1. The van der Waals surface area contributed by atoms with Crippen LogP contribution in [0.2, 0.25) is 0 Å². The lowest BCUT2D eigenvalue weighted by Crippen LogP contribution is -1.82. The largest absolute Gasteiger partial charge is 0.143 e. The van der Waals surface area contributed by atoms with Crippen molar-refractivity contribution in [1.82, 2.24) is 0 Å². The SMILES string of the molecule is Cc1ccccc1-c1cccc2ccsc12.